The molecule has 1 saturated carbocycles. The third-order valence-corrected chi connectivity index (χ3v) is 5.76. The molecular weight excluding hydrogens is 252 g/mol. The summed E-state index contributed by atoms with van der Waals surface area (Å²) in [5.74, 6) is 0. The molecule has 0 saturated heterocycles. The first-order valence-electron chi connectivity index (χ1n) is 7.12. The second kappa shape index (κ2) is 6.19. The van der Waals surface area contributed by atoms with Crippen molar-refractivity contribution in [1.82, 2.24) is 5.32 Å². The molecule has 2 rings (SSSR count). The molecule has 0 amide bonds. The summed E-state index contributed by atoms with van der Waals surface area (Å²) in [6.45, 7) is 3.39. The SMILES string of the molecule is CSC1(CNC(C)c2ccc(N(C)C)cc2)CCC1. The van der Waals surface area contributed by atoms with Crippen LogP contribution in [0.4, 0.5) is 5.69 Å². The maximum absolute atomic E-state index is 3.71. The van der Waals surface area contributed by atoms with Crippen molar-refractivity contribution in [2.45, 2.75) is 37.0 Å². The van der Waals surface area contributed by atoms with E-state index in [1.54, 1.807) is 0 Å². The van der Waals surface area contributed by atoms with Crippen LogP contribution in [0.1, 0.15) is 37.8 Å². The molecule has 0 bridgehead atoms. The van der Waals surface area contributed by atoms with Crippen molar-refractivity contribution < 1.29 is 0 Å². The third-order valence-electron chi connectivity index (χ3n) is 4.34. The Morgan fingerprint density at radius 2 is 1.89 bits per heavy atom. The molecule has 106 valence electrons. The Balaban J connectivity index is 1.90. The lowest BCUT2D eigenvalue weighted by Gasteiger charge is -2.41. The van der Waals surface area contributed by atoms with E-state index in [1.807, 2.05) is 11.8 Å². The first-order valence-corrected chi connectivity index (χ1v) is 8.35. The molecule has 1 unspecified atom stereocenters. The van der Waals surface area contributed by atoms with Crippen molar-refractivity contribution in [3.63, 3.8) is 0 Å². The van der Waals surface area contributed by atoms with Crippen molar-refractivity contribution in [2.75, 3.05) is 31.8 Å². The summed E-state index contributed by atoms with van der Waals surface area (Å²) < 4.78 is 0.512. The number of anilines is 1. The Kier molecular flexibility index (Phi) is 4.80. The first kappa shape index (κ1) is 14.7. The van der Waals surface area contributed by atoms with Gasteiger partial charge in [-0.25, -0.2) is 0 Å². The number of thioether (sulfide) groups is 1. The highest BCUT2D eigenvalue weighted by molar-refractivity contribution is 8.00. The van der Waals surface area contributed by atoms with Crippen molar-refractivity contribution in [2.24, 2.45) is 0 Å². The summed E-state index contributed by atoms with van der Waals surface area (Å²) >= 11 is 2.03. The lowest BCUT2D eigenvalue weighted by Crippen LogP contribution is -2.43. The maximum Gasteiger partial charge on any atom is 0.0361 e. The average Bonchev–Trinajstić information content (AvgIpc) is 2.38. The molecular formula is C16H26N2S. The van der Waals surface area contributed by atoms with Crippen LogP contribution in [-0.4, -0.2) is 31.6 Å². The third kappa shape index (κ3) is 3.46. The number of nitrogens with zero attached hydrogens (tertiary/aromatic N) is 1. The van der Waals surface area contributed by atoms with Gasteiger partial charge in [0, 0.05) is 37.1 Å². The van der Waals surface area contributed by atoms with Crippen LogP contribution in [0.15, 0.2) is 24.3 Å². The second-order valence-corrected chi connectivity index (χ2v) is 7.10. The standard InChI is InChI=1S/C16H26N2S/c1-13(17-12-16(19-4)10-5-11-16)14-6-8-15(9-7-14)18(2)3/h6-9,13,17H,5,10-12H2,1-4H3. The monoisotopic (exact) mass is 278 g/mol. The fourth-order valence-electron chi connectivity index (χ4n) is 2.54. The summed E-state index contributed by atoms with van der Waals surface area (Å²) in [4.78, 5) is 2.14. The zero-order chi connectivity index (χ0) is 13.9. The molecule has 0 spiro atoms. The van der Waals surface area contributed by atoms with E-state index in [9.17, 15) is 0 Å². The molecule has 1 aromatic carbocycles. The molecule has 2 nitrogen and oxygen atoms in total. The Morgan fingerprint density at radius 3 is 2.32 bits per heavy atom. The highest BCUT2D eigenvalue weighted by atomic mass is 32.2. The lowest BCUT2D eigenvalue weighted by molar-refractivity contribution is 0.334. The van der Waals surface area contributed by atoms with Crippen LogP contribution in [0.5, 0.6) is 0 Å². The van der Waals surface area contributed by atoms with E-state index < -0.39 is 0 Å². The molecule has 19 heavy (non-hydrogen) atoms. The molecule has 0 radical (unpaired) electrons. The van der Waals surface area contributed by atoms with Crippen LogP contribution in [0.3, 0.4) is 0 Å². The topological polar surface area (TPSA) is 15.3 Å². The second-order valence-electron chi connectivity index (χ2n) is 5.83. The van der Waals surface area contributed by atoms with Gasteiger partial charge in [-0.05, 0) is 43.7 Å². The largest absolute Gasteiger partial charge is 0.378 e. The van der Waals surface area contributed by atoms with E-state index >= 15 is 0 Å². The van der Waals surface area contributed by atoms with Crippen LogP contribution in [0.2, 0.25) is 0 Å². The highest BCUT2D eigenvalue weighted by Crippen LogP contribution is 2.42. The molecule has 1 N–H and O–H groups in total. The zero-order valence-electron chi connectivity index (χ0n) is 12.6. The number of hydrogen-bond donors (Lipinski definition) is 1. The molecule has 1 aliphatic carbocycles. The Bertz CT molecular complexity index is 390. The van der Waals surface area contributed by atoms with Gasteiger partial charge in [-0.1, -0.05) is 18.6 Å². The van der Waals surface area contributed by atoms with E-state index in [1.165, 1.54) is 30.5 Å². The van der Waals surface area contributed by atoms with E-state index in [4.69, 9.17) is 0 Å². The maximum atomic E-state index is 3.71. The molecule has 1 aromatic rings. The van der Waals surface area contributed by atoms with Crippen LogP contribution < -0.4 is 10.2 Å². The highest BCUT2D eigenvalue weighted by Gasteiger charge is 2.35. The quantitative estimate of drug-likeness (QED) is 0.854. The van der Waals surface area contributed by atoms with Gasteiger partial charge in [0.25, 0.3) is 0 Å². The molecule has 0 aliphatic heterocycles. The fourth-order valence-corrected chi connectivity index (χ4v) is 3.47. The minimum atomic E-state index is 0.431. The van der Waals surface area contributed by atoms with Gasteiger partial charge < -0.3 is 10.2 Å². The van der Waals surface area contributed by atoms with Gasteiger partial charge in [-0.15, -0.1) is 0 Å². The van der Waals surface area contributed by atoms with Crippen LogP contribution in [0.25, 0.3) is 0 Å². The number of rotatable bonds is 6. The smallest absolute Gasteiger partial charge is 0.0361 e. The molecule has 3 heteroatoms. The van der Waals surface area contributed by atoms with Crippen molar-refractivity contribution in [1.29, 1.82) is 0 Å². The van der Waals surface area contributed by atoms with Gasteiger partial charge in [0.2, 0.25) is 0 Å². The number of benzene rings is 1. The van der Waals surface area contributed by atoms with Gasteiger partial charge in [-0.3, -0.25) is 0 Å². The zero-order valence-corrected chi connectivity index (χ0v) is 13.4. The van der Waals surface area contributed by atoms with E-state index in [0.29, 0.717) is 10.8 Å². The average molecular weight is 278 g/mol. The number of nitrogens with one attached hydrogen (secondary N) is 1. The first-order chi connectivity index (χ1) is 9.06. The lowest BCUT2D eigenvalue weighted by atomic mass is 9.84. The number of hydrogen-bond acceptors (Lipinski definition) is 3. The van der Waals surface area contributed by atoms with Crippen molar-refractivity contribution in [3.8, 4) is 0 Å². The van der Waals surface area contributed by atoms with Gasteiger partial charge >= 0.3 is 0 Å². The predicted octanol–water partition coefficient (Wildman–Crippen LogP) is 3.69. The molecule has 1 aliphatic rings. The van der Waals surface area contributed by atoms with Gasteiger partial charge in [0.15, 0.2) is 0 Å². The van der Waals surface area contributed by atoms with Gasteiger partial charge in [0.05, 0.1) is 0 Å². The van der Waals surface area contributed by atoms with E-state index in [-0.39, 0.29) is 0 Å². The fraction of sp³-hybridized carbons (Fsp3) is 0.625. The van der Waals surface area contributed by atoms with Crippen LogP contribution in [0, 0.1) is 0 Å². The Labute approximate surface area is 122 Å². The van der Waals surface area contributed by atoms with E-state index in [0.717, 1.165) is 6.54 Å². The van der Waals surface area contributed by atoms with Crippen molar-refractivity contribution >= 4 is 17.4 Å². The van der Waals surface area contributed by atoms with Crippen LogP contribution >= 0.6 is 11.8 Å². The van der Waals surface area contributed by atoms with Crippen molar-refractivity contribution in [3.05, 3.63) is 29.8 Å². The molecule has 1 atom stereocenters. The van der Waals surface area contributed by atoms with Gasteiger partial charge in [0.1, 0.15) is 0 Å². The normalized spacial score (nSPS) is 18.7. The Hall–Kier alpha value is -0.670. The predicted molar refractivity (Wildman–Crippen MR) is 87.3 cm³/mol. The van der Waals surface area contributed by atoms with Gasteiger partial charge in [-0.2, -0.15) is 11.8 Å². The summed E-state index contributed by atoms with van der Waals surface area (Å²) in [7, 11) is 4.16. The summed E-state index contributed by atoms with van der Waals surface area (Å²) in [5, 5.41) is 3.71. The molecule has 0 heterocycles. The minimum Gasteiger partial charge on any atom is -0.378 e. The summed E-state index contributed by atoms with van der Waals surface area (Å²) in [6, 6.07) is 9.29. The summed E-state index contributed by atoms with van der Waals surface area (Å²) in [6.07, 6.45) is 6.38. The Morgan fingerprint density at radius 1 is 1.26 bits per heavy atom. The van der Waals surface area contributed by atoms with E-state index in [2.05, 4.69) is 61.8 Å². The van der Waals surface area contributed by atoms with Crippen LogP contribution in [-0.2, 0) is 0 Å². The molecule has 0 aromatic heterocycles. The molecule has 1 fully saturated rings. The minimum absolute atomic E-state index is 0.431. The summed E-state index contributed by atoms with van der Waals surface area (Å²) in [5.41, 5.74) is 2.64.